The van der Waals surface area contributed by atoms with E-state index >= 15 is 0 Å². The largest absolute Gasteiger partial charge is 2.00 e. The molecule has 8 nitrogen and oxygen atoms in total. The van der Waals surface area contributed by atoms with Gasteiger partial charge in [0, 0.05) is 0 Å². The van der Waals surface area contributed by atoms with Crippen LogP contribution in [-0.2, 0) is 10.4 Å². The maximum absolute atomic E-state index is 8.63. The fourth-order valence-electron chi connectivity index (χ4n) is 0. The van der Waals surface area contributed by atoms with Gasteiger partial charge in [0.05, 0.1) is 5.09 Å². The molecule has 0 aliphatic rings. The average molecular weight is 247 g/mol. The molecule has 0 aromatic rings. The zero-order chi connectivity index (χ0) is 8.08. The summed E-state index contributed by atoms with van der Waals surface area (Å²) in [5, 5.41) is 14.8. The first-order valence-corrected chi connectivity index (χ1v) is 2.60. The van der Waals surface area contributed by atoms with Crippen molar-refractivity contribution in [1.82, 2.24) is 0 Å². The van der Waals surface area contributed by atoms with E-state index in [0.717, 1.165) is 0 Å². The third-order valence-corrected chi connectivity index (χ3v) is 0. The Bertz CT molecular complexity index is 156. The number of hydrogen-bond donors (Lipinski definition) is 1. The molecule has 0 aliphatic carbocycles. The van der Waals surface area contributed by atoms with Crippen molar-refractivity contribution in [3.8, 4) is 0 Å². The predicted molar refractivity (Wildman–Crippen MR) is 28.4 cm³/mol. The fourth-order valence-corrected chi connectivity index (χ4v) is 0. The van der Waals surface area contributed by atoms with E-state index in [-0.39, 0.29) is 45.5 Å². The van der Waals surface area contributed by atoms with Crippen molar-refractivity contribution >= 4 is 55.9 Å². The molecule has 10 heavy (non-hydrogen) atoms. The molecule has 0 heterocycles. The van der Waals surface area contributed by atoms with Gasteiger partial charge >= 0.3 is 45.5 Å². The van der Waals surface area contributed by atoms with Crippen LogP contribution in [0.5, 0.6) is 0 Å². The second-order valence-corrected chi connectivity index (χ2v) is 1.51. The van der Waals surface area contributed by atoms with E-state index in [4.69, 9.17) is 32.8 Å². The van der Waals surface area contributed by atoms with E-state index in [9.17, 15) is 0 Å². The van der Waals surface area contributed by atoms with Crippen molar-refractivity contribution < 1.29 is 22.6 Å². The maximum atomic E-state index is 8.63. The fraction of sp³-hybridized carbons (Fsp3) is 0. The van der Waals surface area contributed by atoms with Gasteiger partial charge in [-0.2, -0.15) is 0 Å². The second kappa shape index (κ2) is 7.66. The van der Waals surface area contributed by atoms with Gasteiger partial charge in [-0.1, -0.05) is 0 Å². The number of rotatable bonds is 0. The standard InChI is InChI=1S/NO3.H2O4S.Sr/c2-1(3)4;1-5(2,3)4;/h;(H2,1,2,3,4);/q-1;;+2/p-1. The first-order valence-electron chi connectivity index (χ1n) is 1.23. The van der Waals surface area contributed by atoms with Gasteiger partial charge in [-0.15, -0.1) is 0 Å². The van der Waals surface area contributed by atoms with E-state index in [1.807, 2.05) is 0 Å². The molecule has 0 aromatic heterocycles. The molecule has 0 unspecified atom stereocenters. The summed E-state index contributed by atoms with van der Waals surface area (Å²) >= 11 is 0. The van der Waals surface area contributed by atoms with E-state index in [2.05, 4.69) is 0 Å². The maximum Gasteiger partial charge on any atom is 2.00 e. The normalized spacial score (nSPS) is 8.20. The van der Waals surface area contributed by atoms with Crippen LogP contribution >= 0.6 is 0 Å². The summed E-state index contributed by atoms with van der Waals surface area (Å²) in [6.45, 7) is 0. The predicted octanol–water partition coefficient (Wildman–Crippen LogP) is -1.62. The molecule has 56 valence electrons. The van der Waals surface area contributed by atoms with E-state index in [1.54, 1.807) is 0 Å². The zero-order valence-electron chi connectivity index (χ0n) is 4.46. The van der Waals surface area contributed by atoms with E-state index < -0.39 is 15.5 Å². The molecule has 0 saturated carbocycles. The Hall–Kier alpha value is 0.551. The molecule has 0 radical (unpaired) electrons. The Kier molecular flexibility index (Phi) is 12.9. The van der Waals surface area contributed by atoms with Gasteiger partial charge in [-0.3, -0.25) is 4.55 Å². The van der Waals surface area contributed by atoms with E-state index in [1.165, 1.54) is 0 Å². The Labute approximate surface area is 92.8 Å². The van der Waals surface area contributed by atoms with Crippen molar-refractivity contribution in [3.05, 3.63) is 15.3 Å². The summed E-state index contributed by atoms with van der Waals surface area (Å²) in [5.74, 6) is 0. The van der Waals surface area contributed by atoms with Crippen LogP contribution in [-0.4, -0.2) is 68.1 Å². The van der Waals surface area contributed by atoms with Crippen molar-refractivity contribution in [3.63, 3.8) is 0 Å². The molecule has 10 heteroatoms. The van der Waals surface area contributed by atoms with Crippen LogP contribution in [0.3, 0.4) is 0 Å². The van der Waals surface area contributed by atoms with Crippen LogP contribution in [0.4, 0.5) is 0 Å². The van der Waals surface area contributed by atoms with Crippen LogP contribution in [0.2, 0.25) is 0 Å². The summed E-state index contributed by atoms with van der Waals surface area (Å²) in [4.78, 5) is 8.25. The minimum absolute atomic E-state index is 0. The molecule has 0 fully saturated rings. The topological polar surface area (TPSA) is 144 Å². The van der Waals surface area contributed by atoms with Gasteiger partial charge in [0.1, 0.15) is 0 Å². The molecule has 0 bridgehead atoms. The van der Waals surface area contributed by atoms with Crippen molar-refractivity contribution in [2.75, 3.05) is 0 Å². The van der Waals surface area contributed by atoms with Gasteiger partial charge in [0.25, 0.3) is 0 Å². The monoisotopic (exact) mass is 247 g/mol. The molecule has 0 saturated heterocycles. The third-order valence-electron chi connectivity index (χ3n) is 0. The summed E-state index contributed by atoms with van der Waals surface area (Å²) in [6.07, 6.45) is 0. The molecule has 1 N–H and O–H groups in total. The molecule has 0 atom stereocenters. The molecule has 0 spiro atoms. The first-order chi connectivity index (χ1) is 3.73. The minimum Gasteiger partial charge on any atom is -0.726 e. The Balaban J connectivity index is -0.0000000910. The van der Waals surface area contributed by atoms with Crippen LogP contribution in [0.1, 0.15) is 0 Å². The van der Waals surface area contributed by atoms with Crippen molar-refractivity contribution in [2.45, 2.75) is 0 Å². The van der Waals surface area contributed by atoms with Gasteiger partial charge in [0.15, 0.2) is 0 Å². The average Bonchev–Trinajstić information content (AvgIpc) is 1.19. The molecule has 0 aliphatic heterocycles. The summed E-state index contributed by atoms with van der Waals surface area (Å²) < 4.78 is 32.8. The number of nitrogens with zero attached hydrogens (tertiary/aromatic N) is 1. The van der Waals surface area contributed by atoms with E-state index in [0.29, 0.717) is 0 Å². The van der Waals surface area contributed by atoms with Crippen molar-refractivity contribution in [1.29, 1.82) is 0 Å². The van der Waals surface area contributed by atoms with Crippen LogP contribution in [0, 0.1) is 15.3 Å². The van der Waals surface area contributed by atoms with Gasteiger partial charge in [-0.05, 0) is 0 Å². The SMILES string of the molecule is O=S(=O)([O-])O.O=[N+]([O-])[O-].[Sr+2]. The molecule has 0 rings (SSSR count). The van der Waals surface area contributed by atoms with Crippen LogP contribution in [0.25, 0.3) is 0 Å². The third kappa shape index (κ3) is 1610. The molecule has 0 aromatic carbocycles. The first kappa shape index (κ1) is 16.9. The zero-order valence-corrected chi connectivity index (χ0v) is 8.75. The van der Waals surface area contributed by atoms with Crippen LogP contribution < -0.4 is 0 Å². The molecular formula is HNO7SSr. The summed E-state index contributed by atoms with van der Waals surface area (Å²) in [6, 6.07) is 0. The Morgan fingerprint density at radius 3 is 1.30 bits per heavy atom. The van der Waals surface area contributed by atoms with Crippen LogP contribution in [0.15, 0.2) is 0 Å². The Morgan fingerprint density at radius 2 is 1.30 bits per heavy atom. The molecular weight excluding hydrogens is 246 g/mol. The Morgan fingerprint density at radius 1 is 1.30 bits per heavy atom. The minimum atomic E-state index is -4.92. The summed E-state index contributed by atoms with van der Waals surface area (Å²) in [7, 11) is -4.92. The second-order valence-electron chi connectivity index (χ2n) is 0.651. The number of hydrogen-bond acceptors (Lipinski definition) is 6. The quantitative estimate of drug-likeness (QED) is 0.178. The van der Waals surface area contributed by atoms with Gasteiger partial charge < -0.3 is 19.9 Å². The molecule has 0 amide bonds. The van der Waals surface area contributed by atoms with Crippen molar-refractivity contribution in [2.24, 2.45) is 0 Å². The smallest absolute Gasteiger partial charge is 0.726 e. The van der Waals surface area contributed by atoms with Gasteiger partial charge in [0.2, 0.25) is 10.4 Å². The summed E-state index contributed by atoms with van der Waals surface area (Å²) in [5.41, 5.74) is 0. The van der Waals surface area contributed by atoms with Gasteiger partial charge in [-0.25, -0.2) is 8.42 Å².